The number of aryl methyl sites for hydroxylation is 2. The van der Waals surface area contributed by atoms with Crippen molar-refractivity contribution in [2.24, 2.45) is 0 Å². The Labute approximate surface area is 163 Å². The first kappa shape index (κ1) is 19.1. The molecule has 0 atom stereocenters. The predicted octanol–water partition coefficient (Wildman–Crippen LogP) is 4.44. The van der Waals surface area contributed by atoms with Gasteiger partial charge in [0.25, 0.3) is 15.9 Å². The van der Waals surface area contributed by atoms with Crippen LogP contribution in [0.2, 0.25) is 0 Å². The Morgan fingerprint density at radius 3 is 2.30 bits per heavy atom. The maximum atomic E-state index is 12.6. The van der Waals surface area contributed by atoms with E-state index in [-0.39, 0.29) is 10.1 Å². The van der Waals surface area contributed by atoms with Gasteiger partial charge in [-0.05, 0) is 72.8 Å². The van der Waals surface area contributed by atoms with Crippen molar-refractivity contribution in [1.82, 2.24) is 0 Å². The SMILES string of the molecule is Cc1ccc(NC(=O)c2ccc(N(C)S(=O)(=O)c3cccs3)cc2)cc1C. The van der Waals surface area contributed by atoms with E-state index in [1.54, 1.807) is 41.8 Å². The van der Waals surface area contributed by atoms with Crippen LogP contribution in [0.5, 0.6) is 0 Å². The molecule has 0 spiro atoms. The van der Waals surface area contributed by atoms with Gasteiger partial charge in [0.05, 0.1) is 5.69 Å². The number of rotatable bonds is 5. The normalized spacial score (nSPS) is 11.2. The highest BCUT2D eigenvalue weighted by Crippen LogP contribution is 2.25. The summed E-state index contributed by atoms with van der Waals surface area (Å²) in [5, 5.41) is 4.58. The van der Waals surface area contributed by atoms with Gasteiger partial charge in [0.15, 0.2) is 0 Å². The fourth-order valence-corrected chi connectivity index (χ4v) is 4.89. The number of carbonyl (C=O) groups excluding carboxylic acids is 1. The van der Waals surface area contributed by atoms with Crippen LogP contribution in [0, 0.1) is 13.8 Å². The number of nitrogens with zero attached hydrogens (tertiary/aromatic N) is 1. The lowest BCUT2D eigenvalue weighted by Gasteiger charge is -2.18. The van der Waals surface area contributed by atoms with Gasteiger partial charge < -0.3 is 5.32 Å². The van der Waals surface area contributed by atoms with Crippen LogP contribution >= 0.6 is 11.3 Å². The first-order valence-corrected chi connectivity index (χ1v) is 10.6. The average Bonchev–Trinajstić information content (AvgIpc) is 3.20. The highest BCUT2D eigenvalue weighted by molar-refractivity contribution is 7.94. The van der Waals surface area contributed by atoms with E-state index in [1.807, 2.05) is 32.0 Å². The van der Waals surface area contributed by atoms with Crippen LogP contribution < -0.4 is 9.62 Å². The van der Waals surface area contributed by atoms with Crippen LogP contribution in [-0.2, 0) is 10.0 Å². The van der Waals surface area contributed by atoms with E-state index >= 15 is 0 Å². The Balaban J connectivity index is 1.76. The molecule has 3 aromatic rings. The second-order valence-corrected chi connectivity index (χ2v) is 9.35. The second-order valence-electron chi connectivity index (χ2n) is 6.20. The molecule has 2 aromatic carbocycles. The van der Waals surface area contributed by atoms with Crippen molar-refractivity contribution in [3.63, 3.8) is 0 Å². The molecule has 0 fully saturated rings. The molecule has 0 unspecified atom stereocenters. The fraction of sp³-hybridized carbons (Fsp3) is 0.150. The fourth-order valence-electron chi connectivity index (χ4n) is 2.53. The minimum absolute atomic E-state index is 0.242. The van der Waals surface area contributed by atoms with Gasteiger partial charge in [-0.25, -0.2) is 8.42 Å². The van der Waals surface area contributed by atoms with Crippen LogP contribution in [0.3, 0.4) is 0 Å². The summed E-state index contributed by atoms with van der Waals surface area (Å²) in [6.45, 7) is 4.00. The van der Waals surface area contributed by atoms with E-state index in [1.165, 1.54) is 22.7 Å². The van der Waals surface area contributed by atoms with Crippen molar-refractivity contribution < 1.29 is 13.2 Å². The number of nitrogens with one attached hydrogen (secondary N) is 1. The summed E-state index contributed by atoms with van der Waals surface area (Å²) in [7, 11) is -2.09. The van der Waals surface area contributed by atoms with Gasteiger partial charge >= 0.3 is 0 Å². The number of thiophene rings is 1. The summed E-state index contributed by atoms with van der Waals surface area (Å²) in [6, 6.07) is 15.5. The Kier molecular flexibility index (Phi) is 5.34. The minimum Gasteiger partial charge on any atom is -0.322 e. The molecule has 1 N–H and O–H groups in total. The number of benzene rings is 2. The monoisotopic (exact) mass is 400 g/mol. The van der Waals surface area contributed by atoms with Gasteiger partial charge in [0.2, 0.25) is 0 Å². The van der Waals surface area contributed by atoms with E-state index < -0.39 is 10.0 Å². The molecule has 1 heterocycles. The molecule has 0 aliphatic carbocycles. The molecular weight excluding hydrogens is 380 g/mol. The van der Waals surface area contributed by atoms with Crippen LogP contribution in [0.15, 0.2) is 64.2 Å². The molecular formula is C20H20N2O3S2. The quantitative estimate of drug-likeness (QED) is 0.688. The van der Waals surface area contributed by atoms with Gasteiger partial charge in [-0.3, -0.25) is 9.10 Å². The number of amides is 1. The third kappa shape index (κ3) is 4.04. The molecule has 3 rings (SSSR count). The van der Waals surface area contributed by atoms with Crippen LogP contribution in [0.4, 0.5) is 11.4 Å². The average molecular weight is 401 g/mol. The Bertz CT molecular complexity index is 1060. The third-order valence-electron chi connectivity index (χ3n) is 4.37. The summed E-state index contributed by atoms with van der Waals surface area (Å²) in [6.07, 6.45) is 0. The summed E-state index contributed by atoms with van der Waals surface area (Å²) in [5.74, 6) is -0.242. The molecule has 0 saturated heterocycles. The number of hydrogen-bond acceptors (Lipinski definition) is 4. The number of anilines is 2. The number of carbonyl (C=O) groups is 1. The highest BCUT2D eigenvalue weighted by Gasteiger charge is 2.22. The zero-order chi connectivity index (χ0) is 19.6. The lowest BCUT2D eigenvalue weighted by molar-refractivity contribution is 0.102. The van der Waals surface area contributed by atoms with Gasteiger partial charge in [0.1, 0.15) is 4.21 Å². The Morgan fingerprint density at radius 1 is 1.00 bits per heavy atom. The molecule has 5 nitrogen and oxygen atoms in total. The smallest absolute Gasteiger partial charge is 0.273 e. The summed E-state index contributed by atoms with van der Waals surface area (Å²) in [4.78, 5) is 12.4. The van der Waals surface area contributed by atoms with E-state index in [0.717, 1.165) is 16.8 Å². The van der Waals surface area contributed by atoms with Crippen LogP contribution in [0.25, 0.3) is 0 Å². The first-order chi connectivity index (χ1) is 12.8. The molecule has 0 saturated carbocycles. The van der Waals surface area contributed by atoms with Gasteiger partial charge in [0, 0.05) is 18.3 Å². The molecule has 0 aliphatic rings. The van der Waals surface area contributed by atoms with E-state index in [2.05, 4.69) is 5.32 Å². The van der Waals surface area contributed by atoms with Crippen molar-refractivity contribution >= 4 is 38.6 Å². The van der Waals surface area contributed by atoms with Gasteiger partial charge in [-0.15, -0.1) is 11.3 Å². The molecule has 1 amide bonds. The summed E-state index contributed by atoms with van der Waals surface area (Å²) in [5.41, 5.74) is 3.94. The summed E-state index contributed by atoms with van der Waals surface area (Å²) < 4.78 is 26.6. The molecule has 27 heavy (non-hydrogen) atoms. The van der Waals surface area contributed by atoms with Crippen molar-refractivity contribution in [1.29, 1.82) is 0 Å². The molecule has 7 heteroatoms. The van der Waals surface area contributed by atoms with E-state index in [4.69, 9.17) is 0 Å². The van der Waals surface area contributed by atoms with Gasteiger partial charge in [-0.1, -0.05) is 12.1 Å². The predicted molar refractivity (Wildman–Crippen MR) is 110 cm³/mol. The van der Waals surface area contributed by atoms with Crippen molar-refractivity contribution in [3.8, 4) is 0 Å². The minimum atomic E-state index is -3.59. The van der Waals surface area contributed by atoms with Crippen molar-refractivity contribution in [2.75, 3.05) is 16.7 Å². The Hall–Kier alpha value is -2.64. The Morgan fingerprint density at radius 2 is 1.70 bits per heavy atom. The number of sulfonamides is 1. The molecule has 0 aliphatic heterocycles. The highest BCUT2D eigenvalue weighted by atomic mass is 32.2. The summed E-state index contributed by atoms with van der Waals surface area (Å²) >= 11 is 1.17. The van der Waals surface area contributed by atoms with Crippen LogP contribution in [-0.4, -0.2) is 21.4 Å². The van der Waals surface area contributed by atoms with Gasteiger partial charge in [-0.2, -0.15) is 0 Å². The zero-order valence-electron chi connectivity index (χ0n) is 15.3. The standard InChI is InChI=1S/C20H20N2O3S2/c1-14-6-9-17(13-15(14)2)21-20(23)16-7-10-18(11-8-16)22(3)27(24,25)19-5-4-12-26-19/h4-13H,1-3H3,(H,21,23). The first-order valence-electron chi connectivity index (χ1n) is 8.30. The topological polar surface area (TPSA) is 66.5 Å². The van der Waals surface area contributed by atoms with Crippen molar-refractivity contribution in [3.05, 3.63) is 76.7 Å². The second kappa shape index (κ2) is 7.54. The lowest BCUT2D eigenvalue weighted by atomic mass is 10.1. The lowest BCUT2D eigenvalue weighted by Crippen LogP contribution is -2.25. The molecule has 0 radical (unpaired) electrons. The zero-order valence-corrected chi connectivity index (χ0v) is 16.9. The largest absolute Gasteiger partial charge is 0.322 e. The molecule has 0 bridgehead atoms. The van der Waals surface area contributed by atoms with Crippen molar-refractivity contribution in [2.45, 2.75) is 18.1 Å². The maximum absolute atomic E-state index is 12.6. The maximum Gasteiger partial charge on any atom is 0.273 e. The third-order valence-corrected chi connectivity index (χ3v) is 7.53. The number of hydrogen-bond donors (Lipinski definition) is 1. The van der Waals surface area contributed by atoms with E-state index in [0.29, 0.717) is 11.3 Å². The molecule has 1 aromatic heterocycles. The van der Waals surface area contributed by atoms with E-state index in [9.17, 15) is 13.2 Å². The molecule has 140 valence electrons. The van der Waals surface area contributed by atoms with Crippen LogP contribution in [0.1, 0.15) is 21.5 Å².